The predicted molar refractivity (Wildman–Crippen MR) is 71.8 cm³/mol. The molecule has 1 heterocycles. The van der Waals surface area contributed by atoms with E-state index < -0.39 is 0 Å². The lowest BCUT2D eigenvalue weighted by Crippen LogP contribution is -2.33. The molecular weight excluding hydrogens is 226 g/mol. The van der Waals surface area contributed by atoms with E-state index in [1.807, 2.05) is 24.3 Å². The SMILES string of the molecule is CCCCCNC(=O)C1CCOc2ccccc21. The normalized spacial score (nSPS) is 17.7. The number of hydrogen-bond acceptors (Lipinski definition) is 2. The highest BCUT2D eigenvalue weighted by molar-refractivity contribution is 5.84. The first-order valence-electron chi connectivity index (χ1n) is 6.82. The summed E-state index contributed by atoms with van der Waals surface area (Å²) in [5.41, 5.74) is 1.02. The Bertz CT molecular complexity index is 403. The van der Waals surface area contributed by atoms with Gasteiger partial charge in [-0.3, -0.25) is 4.79 Å². The van der Waals surface area contributed by atoms with Crippen LogP contribution in [0.4, 0.5) is 0 Å². The second kappa shape index (κ2) is 6.43. The molecule has 0 bridgehead atoms. The van der Waals surface area contributed by atoms with Gasteiger partial charge in [0.1, 0.15) is 5.75 Å². The van der Waals surface area contributed by atoms with E-state index in [0.29, 0.717) is 6.61 Å². The zero-order chi connectivity index (χ0) is 12.8. The molecule has 1 aliphatic heterocycles. The van der Waals surface area contributed by atoms with E-state index in [9.17, 15) is 4.79 Å². The van der Waals surface area contributed by atoms with Crippen LogP contribution in [0.3, 0.4) is 0 Å². The Morgan fingerprint density at radius 2 is 2.22 bits per heavy atom. The number of amides is 1. The van der Waals surface area contributed by atoms with Crippen LogP contribution >= 0.6 is 0 Å². The summed E-state index contributed by atoms with van der Waals surface area (Å²) in [4.78, 5) is 12.2. The number of benzene rings is 1. The van der Waals surface area contributed by atoms with E-state index in [1.54, 1.807) is 0 Å². The van der Waals surface area contributed by atoms with Gasteiger partial charge in [-0.15, -0.1) is 0 Å². The van der Waals surface area contributed by atoms with Crippen molar-refractivity contribution in [3.05, 3.63) is 29.8 Å². The van der Waals surface area contributed by atoms with Gasteiger partial charge in [0.2, 0.25) is 5.91 Å². The lowest BCUT2D eigenvalue weighted by molar-refractivity contribution is -0.123. The number of carbonyl (C=O) groups is 1. The molecule has 0 spiro atoms. The first-order valence-corrected chi connectivity index (χ1v) is 6.82. The molecule has 98 valence electrons. The summed E-state index contributed by atoms with van der Waals surface area (Å²) >= 11 is 0. The molecule has 0 aromatic heterocycles. The van der Waals surface area contributed by atoms with E-state index in [0.717, 1.165) is 30.7 Å². The molecule has 1 aromatic carbocycles. The molecule has 1 amide bonds. The number of unbranched alkanes of at least 4 members (excludes halogenated alkanes) is 2. The summed E-state index contributed by atoms with van der Waals surface area (Å²) in [6.45, 7) is 3.58. The van der Waals surface area contributed by atoms with Crippen LogP contribution in [-0.4, -0.2) is 19.1 Å². The van der Waals surface area contributed by atoms with Crippen molar-refractivity contribution >= 4 is 5.91 Å². The third-order valence-electron chi connectivity index (χ3n) is 3.35. The number of fused-ring (bicyclic) bond motifs is 1. The van der Waals surface area contributed by atoms with Crippen LogP contribution in [0.25, 0.3) is 0 Å². The zero-order valence-corrected chi connectivity index (χ0v) is 10.9. The highest BCUT2D eigenvalue weighted by atomic mass is 16.5. The minimum absolute atomic E-state index is 0.0448. The molecule has 1 N–H and O–H groups in total. The maximum Gasteiger partial charge on any atom is 0.227 e. The van der Waals surface area contributed by atoms with Gasteiger partial charge in [0.15, 0.2) is 0 Å². The third kappa shape index (κ3) is 3.03. The highest BCUT2D eigenvalue weighted by Gasteiger charge is 2.26. The van der Waals surface area contributed by atoms with Crippen LogP contribution in [0.1, 0.15) is 44.1 Å². The number of carbonyl (C=O) groups excluding carboxylic acids is 1. The minimum atomic E-state index is -0.0448. The molecule has 0 saturated carbocycles. The lowest BCUT2D eigenvalue weighted by atomic mass is 9.92. The van der Waals surface area contributed by atoms with Crippen molar-refractivity contribution in [3.8, 4) is 5.75 Å². The van der Waals surface area contributed by atoms with Gasteiger partial charge in [-0.1, -0.05) is 38.0 Å². The first-order chi connectivity index (χ1) is 8.83. The minimum Gasteiger partial charge on any atom is -0.493 e. The Morgan fingerprint density at radius 1 is 1.39 bits per heavy atom. The molecule has 2 rings (SSSR count). The van der Waals surface area contributed by atoms with Gasteiger partial charge < -0.3 is 10.1 Å². The van der Waals surface area contributed by atoms with Gasteiger partial charge in [0, 0.05) is 12.1 Å². The van der Waals surface area contributed by atoms with Crippen molar-refractivity contribution in [2.45, 2.75) is 38.5 Å². The van der Waals surface area contributed by atoms with Gasteiger partial charge >= 0.3 is 0 Å². The Morgan fingerprint density at radius 3 is 3.06 bits per heavy atom. The summed E-state index contributed by atoms with van der Waals surface area (Å²) in [5, 5.41) is 3.03. The summed E-state index contributed by atoms with van der Waals surface area (Å²) in [5.74, 6) is 0.955. The fourth-order valence-corrected chi connectivity index (χ4v) is 2.32. The number of para-hydroxylation sites is 1. The summed E-state index contributed by atoms with van der Waals surface area (Å²) in [6, 6.07) is 7.84. The van der Waals surface area contributed by atoms with Crippen LogP contribution in [0, 0.1) is 0 Å². The monoisotopic (exact) mass is 247 g/mol. The molecular formula is C15H21NO2. The van der Waals surface area contributed by atoms with Crippen LogP contribution in [0.2, 0.25) is 0 Å². The Balaban J connectivity index is 1.95. The second-order valence-electron chi connectivity index (χ2n) is 4.73. The van der Waals surface area contributed by atoms with Crippen molar-refractivity contribution in [1.29, 1.82) is 0 Å². The number of ether oxygens (including phenoxy) is 1. The van der Waals surface area contributed by atoms with Crippen molar-refractivity contribution < 1.29 is 9.53 Å². The molecule has 1 unspecified atom stereocenters. The topological polar surface area (TPSA) is 38.3 Å². The van der Waals surface area contributed by atoms with Crippen molar-refractivity contribution in [2.75, 3.05) is 13.2 Å². The van der Waals surface area contributed by atoms with Crippen molar-refractivity contribution in [2.24, 2.45) is 0 Å². The average molecular weight is 247 g/mol. The van der Waals surface area contributed by atoms with E-state index in [4.69, 9.17) is 4.74 Å². The second-order valence-corrected chi connectivity index (χ2v) is 4.73. The fraction of sp³-hybridized carbons (Fsp3) is 0.533. The lowest BCUT2D eigenvalue weighted by Gasteiger charge is -2.25. The Kier molecular flexibility index (Phi) is 4.62. The van der Waals surface area contributed by atoms with E-state index in [-0.39, 0.29) is 11.8 Å². The molecule has 3 nitrogen and oxygen atoms in total. The molecule has 0 radical (unpaired) electrons. The van der Waals surface area contributed by atoms with Gasteiger partial charge in [-0.05, 0) is 18.9 Å². The summed E-state index contributed by atoms with van der Waals surface area (Å²) < 4.78 is 5.57. The molecule has 1 aromatic rings. The largest absolute Gasteiger partial charge is 0.493 e. The molecule has 1 atom stereocenters. The number of rotatable bonds is 5. The molecule has 0 saturated heterocycles. The summed E-state index contributed by atoms with van der Waals surface area (Å²) in [7, 11) is 0. The van der Waals surface area contributed by atoms with Crippen LogP contribution in [0.15, 0.2) is 24.3 Å². The van der Waals surface area contributed by atoms with Crippen molar-refractivity contribution in [1.82, 2.24) is 5.32 Å². The van der Waals surface area contributed by atoms with E-state index in [1.165, 1.54) is 12.8 Å². The van der Waals surface area contributed by atoms with Gasteiger partial charge in [-0.25, -0.2) is 0 Å². The maximum absolute atomic E-state index is 12.2. The zero-order valence-electron chi connectivity index (χ0n) is 10.9. The van der Waals surface area contributed by atoms with E-state index in [2.05, 4.69) is 12.2 Å². The molecule has 0 fully saturated rings. The molecule has 18 heavy (non-hydrogen) atoms. The number of nitrogens with one attached hydrogen (secondary N) is 1. The van der Waals surface area contributed by atoms with Crippen LogP contribution < -0.4 is 10.1 Å². The molecule has 0 aliphatic carbocycles. The van der Waals surface area contributed by atoms with Gasteiger partial charge in [0.25, 0.3) is 0 Å². The fourth-order valence-electron chi connectivity index (χ4n) is 2.32. The standard InChI is InChI=1S/C15H21NO2/c1-2-3-6-10-16-15(17)13-9-11-18-14-8-5-4-7-12(13)14/h4-5,7-8,13H,2-3,6,9-11H2,1H3,(H,16,17). The smallest absolute Gasteiger partial charge is 0.227 e. The van der Waals surface area contributed by atoms with Gasteiger partial charge in [0.05, 0.1) is 12.5 Å². The van der Waals surface area contributed by atoms with E-state index >= 15 is 0 Å². The highest BCUT2D eigenvalue weighted by Crippen LogP contribution is 2.33. The molecule has 1 aliphatic rings. The van der Waals surface area contributed by atoms with Gasteiger partial charge in [-0.2, -0.15) is 0 Å². The predicted octanol–water partition coefficient (Wildman–Crippen LogP) is 2.86. The Labute approximate surface area is 109 Å². The average Bonchev–Trinajstić information content (AvgIpc) is 2.43. The number of hydrogen-bond donors (Lipinski definition) is 1. The molecule has 3 heteroatoms. The third-order valence-corrected chi connectivity index (χ3v) is 3.35. The Hall–Kier alpha value is -1.51. The first kappa shape index (κ1) is 12.9. The summed E-state index contributed by atoms with van der Waals surface area (Å²) in [6.07, 6.45) is 4.18. The van der Waals surface area contributed by atoms with Crippen molar-refractivity contribution in [3.63, 3.8) is 0 Å². The van der Waals surface area contributed by atoms with Crippen LogP contribution in [0.5, 0.6) is 5.75 Å². The quantitative estimate of drug-likeness (QED) is 0.812. The van der Waals surface area contributed by atoms with Crippen LogP contribution in [-0.2, 0) is 4.79 Å². The maximum atomic E-state index is 12.2.